The van der Waals surface area contributed by atoms with E-state index in [1.165, 1.54) is 76.0 Å². The third-order valence-electron chi connectivity index (χ3n) is 20.9. The average molecular weight is 1100 g/mol. The molecule has 0 radical (unpaired) electrons. The second-order valence-electron chi connectivity index (χ2n) is 30.3. The van der Waals surface area contributed by atoms with E-state index in [1.807, 2.05) is 28.4 Å². The monoisotopic (exact) mass is 1100 g/mol. The van der Waals surface area contributed by atoms with Crippen molar-refractivity contribution in [2.24, 2.45) is 0 Å². The molecule has 0 bridgehead atoms. The van der Waals surface area contributed by atoms with Crippen LogP contribution in [0.25, 0.3) is 20.9 Å². The second kappa shape index (κ2) is 17.7. The van der Waals surface area contributed by atoms with Crippen molar-refractivity contribution in [2.75, 3.05) is 14.7 Å². The van der Waals surface area contributed by atoms with Gasteiger partial charge in [-0.25, -0.2) is 0 Å². The van der Waals surface area contributed by atoms with Crippen molar-refractivity contribution in [3.63, 3.8) is 0 Å². The SMILES string of the molecule is [2H]c1c([2H])c([2H])c(N(c2cc3c4c(c2)N(c2ccc5c(c2)C(C)(C)CCC5(C)C)c2c(sc5cc6c(cc25)C(C)(C)CCC6(C)C)B4c2cc(C(C)(C)C)ccc2N3c2cc3c(cc2C)C(C)(C)CCC3(C)C)c2ccc3ccccc3c2)c([2H])c1[2H]. The molecule has 0 spiro atoms. The lowest BCUT2D eigenvalue weighted by Crippen LogP contribution is -2.60. The van der Waals surface area contributed by atoms with Crippen LogP contribution in [0.2, 0.25) is 0 Å². The number of hydrogen-bond acceptors (Lipinski definition) is 4. The number of aryl methyl sites for hydroxylation is 1. The van der Waals surface area contributed by atoms with E-state index in [0.29, 0.717) is 11.4 Å². The molecule has 0 fully saturated rings. The zero-order chi connectivity index (χ0) is 61.9. The van der Waals surface area contributed by atoms with E-state index in [-0.39, 0.29) is 74.5 Å². The molecule has 3 heterocycles. The van der Waals surface area contributed by atoms with Gasteiger partial charge in [0, 0.05) is 54.7 Å². The summed E-state index contributed by atoms with van der Waals surface area (Å²) < 4.78 is 49.9. The first kappa shape index (κ1) is 47.9. The minimum absolute atomic E-state index is 0.00315. The first-order valence-electron chi connectivity index (χ1n) is 32.9. The van der Waals surface area contributed by atoms with Gasteiger partial charge < -0.3 is 14.7 Å². The molecular formula is C77H84BN3S. The predicted molar refractivity (Wildman–Crippen MR) is 357 cm³/mol. The Hall–Kier alpha value is -6.56. The van der Waals surface area contributed by atoms with Gasteiger partial charge in [-0.1, -0.05) is 177 Å². The number of anilines is 9. The summed E-state index contributed by atoms with van der Waals surface area (Å²) in [6, 6.07) is 42.3. The van der Waals surface area contributed by atoms with E-state index in [2.05, 4.69) is 224 Å². The molecule has 0 saturated carbocycles. The summed E-state index contributed by atoms with van der Waals surface area (Å²) in [7, 11) is 0. The predicted octanol–water partition coefficient (Wildman–Crippen LogP) is 20.3. The van der Waals surface area contributed by atoms with Gasteiger partial charge in [0.15, 0.2) is 0 Å². The molecule has 1 aromatic heterocycles. The average Bonchev–Trinajstić information content (AvgIpc) is 1.68. The fourth-order valence-electron chi connectivity index (χ4n) is 15.4. The van der Waals surface area contributed by atoms with Gasteiger partial charge in [0.1, 0.15) is 0 Å². The van der Waals surface area contributed by atoms with Crippen molar-refractivity contribution in [1.82, 2.24) is 0 Å². The van der Waals surface area contributed by atoms with Crippen LogP contribution < -0.4 is 30.4 Å². The molecule has 3 aliphatic carbocycles. The molecule has 9 aromatic rings. The van der Waals surface area contributed by atoms with E-state index in [4.69, 9.17) is 1.37 Å². The minimum Gasteiger partial charge on any atom is -0.311 e. The van der Waals surface area contributed by atoms with Gasteiger partial charge in [0.2, 0.25) is 0 Å². The molecule has 8 aromatic carbocycles. The van der Waals surface area contributed by atoms with Gasteiger partial charge in [-0.3, -0.25) is 0 Å². The van der Waals surface area contributed by atoms with Crippen LogP contribution in [0, 0.1) is 6.92 Å². The fraction of sp³-hybridized carbons (Fsp3) is 0.377. The maximum atomic E-state index is 9.89. The van der Waals surface area contributed by atoms with Crippen LogP contribution in [0.5, 0.6) is 0 Å². The standard InChI is InChI=1S/C77H84BN3S/c1-47-38-57-60(76(13,14)36-34-73(57,7)8)45-64(47)81-63-31-27-50(71(2,3)4)40-62(63)78-68-65(42-54(43-66(68)81)79(51-24-18-17-19-25-51)52-28-26-48-22-20-21-23-49(48)39-52)80(53-29-30-56-58(41-53)74(9,10)33-32-72(56,5)6)69-55-44-59-61(46-67(55)82-70(69)78)77(15,16)37-35-75(59,11)12/h17-31,38-46H,32-37H2,1-16H3/i17D,18D,19D,24D,25D. The molecule has 0 unspecified atom stereocenters. The van der Waals surface area contributed by atoms with E-state index in [9.17, 15) is 5.48 Å². The summed E-state index contributed by atoms with van der Waals surface area (Å²) in [6.07, 6.45) is 6.57. The number of benzene rings is 8. The van der Waals surface area contributed by atoms with Gasteiger partial charge in [0.05, 0.1) is 18.2 Å². The topological polar surface area (TPSA) is 9.72 Å². The number of fused-ring (bicyclic) bond motifs is 10. The summed E-state index contributed by atoms with van der Waals surface area (Å²) in [4.78, 5) is 7.15. The summed E-state index contributed by atoms with van der Waals surface area (Å²) in [5, 5.41) is 3.28. The number of nitrogens with zero attached hydrogens (tertiary/aromatic N) is 3. The van der Waals surface area contributed by atoms with Gasteiger partial charge in [-0.15, -0.1) is 11.3 Å². The fourth-order valence-corrected chi connectivity index (χ4v) is 16.7. The molecular weight excluding hydrogens is 1010 g/mol. The molecule has 0 amide bonds. The van der Waals surface area contributed by atoms with Crippen molar-refractivity contribution in [1.29, 1.82) is 0 Å². The molecule has 14 rings (SSSR count). The normalized spacial score (nSPS) is 20.0. The van der Waals surface area contributed by atoms with Crippen LogP contribution in [0.1, 0.15) is 194 Å². The van der Waals surface area contributed by atoms with Crippen LogP contribution >= 0.6 is 11.3 Å². The Morgan fingerprint density at radius 2 is 1.05 bits per heavy atom. The van der Waals surface area contributed by atoms with Crippen molar-refractivity contribution in [2.45, 2.75) is 187 Å². The third kappa shape index (κ3) is 8.08. The highest BCUT2D eigenvalue weighted by Gasteiger charge is 2.49. The minimum atomic E-state index is -0.419. The number of rotatable bonds is 5. The highest BCUT2D eigenvalue weighted by Crippen LogP contribution is 2.57. The smallest absolute Gasteiger partial charge is 0.264 e. The lowest BCUT2D eigenvalue weighted by molar-refractivity contribution is 0.332. The van der Waals surface area contributed by atoms with E-state index < -0.39 is 6.04 Å². The molecule has 2 aliphatic heterocycles. The lowest BCUT2D eigenvalue weighted by atomic mass is 9.36. The zero-order valence-corrected chi connectivity index (χ0v) is 52.4. The molecule has 3 nitrogen and oxygen atoms in total. The molecule has 0 N–H and O–H groups in total. The maximum absolute atomic E-state index is 9.89. The lowest BCUT2D eigenvalue weighted by Gasteiger charge is -2.47. The van der Waals surface area contributed by atoms with Gasteiger partial charge in [0.25, 0.3) is 6.71 Å². The van der Waals surface area contributed by atoms with Crippen LogP contribution in [0.3, 0.4) is 0 Å². The van der Waals surface area contributed by atoms with Crippen molar-refractivity contribution in [3.8, 4) is 0 Å². The molecule has 416 valence electrons. The highest BCUT2D eigenvalue weighted by atomic mass is 32.1. The van der Waals surface area contributed by atoms with Gasteiger partial charge in [-0.2, -0.15) is 0 Å². The number of para-hydroxylation sites is 1. The van der Waals surface area contributed by atoms with Crippen molar-refractivity contribution < 1.29 is 6.85 Å². The Bertz CT molecular complexity index is 4430. The zero-order valence-electron chi connectivity index (χ0n) is 56.5. The first-order valence-corrected chi connectivity index (χ1v) is 31.2. The van der Waals surface area contributed by atoms with Crippen LogP contribution in [0.4, 0.5) is 51.2 Å². The Kier molecular flexibility index (Phi) is 10.4. The van der Waals surface area contributed by atoms with Crippen molar-refractivity contribution in [3.05, 3.63) is 190 Å². The Labute approximate surface area is 501 Å². The first-order chi connectivity index (χ1) is 40.7. The summed E-state index contributed by atoms with van der Waals surface area (Å²) >= 11 is 1.97. The van der Waals surface area contributed by atoms with Crippen LogP contribution in [0.15, 0.2) is 145 Å². The van der Waals surface area contributed by atoms with E-state index >= 15 is 0 Å². The Balaban J connectivity index is 1.19. The van der Waals surface area contributed by atoms with Gasteiger partial charge in [-0.05, 0) is 222 Å². The molecule has 82 heavy (non-hydrogen) atoms. The van der Waals surface area contributed by atoms with Crippen molar-refractivity contribution >= 4 is 106 Å². The number of thiophene rings is 1. The maximum Gasteiger partial charge on any atom is 0.264 e. The van der Waals surface area contributed by atoms with Crippen LogP contribution in [-0.2, 0) is 37.9 Å². The molecule has 5 heteroatoms. The summed E-state index contributed by atoms with van der Waals surface area (Å²) in [5.74, 6) is 0. The molecule has 0 saturated heterocycles. The highest BCUT2D eigenvalue weighted by molar-refractivity contribution is 7.33. The Morgan fingerprint density at radius 3 is 1.68 bits per heavy atom. The largest absolute Gasteiger partial charge is 0.311 e. The number of hydrogen-bond donors (Lipinski definition) is 0. The van der Waals surface area contributed by atoms with E-state index in [1.54, 1.807) is 0 Å². The summed E-state index contributed by atoms with van der Waals surface area (Å²) in [6.45, 7) is 38.2. The molecule has 0 atom stereocenters. The second-order valence-corrected chi connectivity index (χ2v) is 31.4. The van der Waals surface area contributed by atoms with E-state index in [0.717, 1.165) is 77.7 Å². The third-order valence-corrected chi connectivity index (χ3v) is 22.2. The Morgan fingerprint density at radius 1 is 0.488 bits per heavy atom. The molecule has 5 aliphatic rings. The summed E-state index contributed by atoms with van der Waals surface area (Å²) in [5.41, 5.74) is 21.0. The van der Waals surface area contributed by atoms with Gasteiger partial charge >= 0.3 is 0 Å². The van der Waals surface area contributed by atoms with Crippen LogP contribution in [-0.4, -0.2) is 6.71 Å². The quantitative estimate of drug-likeness (QED) is 0.159.